The van der Waals surface area contributed by atoms with E-state index in [0.717, 1.165) is 37.5 Å². The maximum absolute atomic E-state index is 13.5. The molecule has 0 unspecified atom stereocenters. The summed E-state index contributed by atoms with van der Waals surface area (Å²) < 4.78 is 31.9. The van der Waals surface area contributed by atoms with Crippen LogP contribution in [0.2, 0.25) is 0 Å². The van der Waals surface area contributed by atoms with Gasteiger partial charge in [-0.3, -0.25) is 4.57 Å². The molecule has 1 aliphatic carbocycles. The van der Waals surface area contributed by atoms with Crippen molar-refractivity contribution in [3.8, 4) is 5.13 Å². The van der Waals surface area contributed by atoms with E-state index in [9.17, 15) is 13.2 Å². The number of aromatic nitrogens is 4. The molecule has 1 aliphatic heterocycles. The van der Waals surface area contributed by atoms with Gasteiger partial charge in [0, 0.05) is 18.6 Å². The second kappa shape index (κ2) is 8.05. The van der Waals surface area contributed by atoms with Crippen molar-refractivity contribution >= 4 is 32.4 Å². The van der Waals surface area contributed by atoms with Gasteiger partial charge in [-0.2, -0.15) is 0 Å². The van der Waals surface area contributed by atoms with Gasteiger partial charge in [0.15, 0.2) is 0 Å². The number of aryl methyl sites for hydroxylation is 1. The second-order valence-corrected chi connectivity index (χ2v) is 11.9. The van der Waals surface area contributed by atoms with Crippen LogP contribution in [-0.2, 0) is 16.6 Å². The van der Waals surface area contributed by atoms with Gasteiger partial charge in [0.25, 0.3) is 0 Å². The van der Waals surface area contributed by atoms with E-state index in [1.54, 1.807) is 22.8 Å². The number of piperidine rings is 1. The molecule has 2 fully saturated rings. The van der Waals surface area contributed by atoms with E-state index in [4.69, 9.17) is 0 Å². The van der Waals surface area contributed by atoms with Crippen LogP contribution in [0, 0.1) is 6.92 Å². The number of likely N-dealkylation sites (tertiary alicyclic amines) is 1. The number of hydrogen-bond donors (Lipinski definition) is 1. The van der Waals surface area contributed by atoms with Crippen molar-refractivity contribution in [2.75, 3.05) is 19.6 Å². The molecule has 2 aliphatic rings. The fourth-order valence-electron chi connectivity index (χ4n) is 4.28. The number of hydrogen-bond acceptors (Lipinski definition) is 7. The van der Waals surface area contributed by atoms with E-state index in [0.29, 0.717) is 22.7 Å². The molecule has 0 radical (unpaired) electrons. The van der Waals surface area contributed by atoms with Crippen molar-refractivity contribution in [3.05, 3.63) is 33.7 Å². The highest BCUT2D eigenvalue weighted by molar-refractivity contribution is 7.89. The summed E-state index contributed by atoms with van der Waals surface area (Å²) in [6.07, 6.45) is 5.30. The lowest BCUT2D eigenvalue weighted by Gasteiger charge is -2.26. The second-order valence-electron chi connectivity index (χ2n) is 9.09. The number of fused-ring (bicyclic) bond motifs is 1. The average Bonchev–Trinajstić information content (AvgIpc) is 3.20. The molecule has 1 N–H and O–H groups in total. The molecule has 3 aromatic rings. The summed E-state index contributed by atoms with van der Waals surface area (Å²) >= 11 is 1.31. The standard InChI is InChI=1S/C21H28N6O3S2/c1-15-22-23-19(31-15)27-18-14-16(32(29,30)24-21(2)8-9-21)6-7-17(18)26(20(27)28)13-12-25-10-4-3-5-11-25/h6-7,14,24H,3-5,8-13H2,1-2H3. The van der Waals surface area contributed by atoms with E-state index in [-0.39, 0.29) is 16.1 Å². The molecule has 1 aromatic carbocycles. The summed E-state index contributed by atoms with van der Waals surface area (Å²) in [6, 6.07) is 4.91. The molecule has 2 aromatic heterocycles. The minimum Gasteiger partial charge on any atom is -0.302 e. The number of nitrogens with one attached hydrogen (secondary N) is 1. The fourth-order valence-corrected chi connectivity index (χ4v) is 6.46. The van der Waals surface area contributed by atoms with Crippen molar-refractivity contribution in [3.63, 3.8) is 0 Å². The van der Waals surface area contributed by atoms with E-state index >= 15 is 0 Å². The summed E-state index contributed by atoms with van der Waals surface area (Å²) in [6.45, 7) is 7.17. The van der Waals surface area contributed by atoms with E-state index in [1.165, 1.54) is 35.2 Å². The Bertz CT molecular complexity index is 1310. The Morgan fingerprint density at radius 3 is 2.50 bits per heavy atom. The smallest absolute Gasteiger partial charge is 0.302 e. The predicted molar refractivity (Wildman–Crippen MR) is 124 cm³/mol. The lowest BCUT2D eigenvalue weighted by molar-refractivity contribution is 0.221. The fraction of sp³-hybridized carbons (Fsp3) is 0.571. The SMILES string of the molecule is Cc1nnc(-n2c(=O)n(CCN3CCCCC3)c3ccc(S(=O)(=O)NC4(C)CC4)cc32)s1. The maximum Gasteiger partial charge on any atom is 0.335 e. The van der Waals surface area contributed by atoms with Crippen LogP contribution >= 0.6 is 11.3 Å². The van der Waals surface area contributed by atoms with Crippen molar-refractivity contribution < 1.29 is 8.42 Å². The summed E-state index contributed by atoms with van der Waals surface area (Å²) in [5.74, 6) is 0. The Hall–Kier alpha value is -2.08. The van der Waals surface area contributed by atoms with Crippen molar-refractivity contribution in [1.29, 1.82) is 0 Å². The first-order chi connectivity index (χ1) is 15.3. The maximum atomic E-state index is 13.5. The summed E-state index contributed by atoms with van der Waals surface area (Å²) in [5.41, 5.74) is 0.652. The molecule has 0 atom stereocenters. The highest BCUT2D eigenvalue weighted by Gasteiger charge is 2.41. The molecule has 0 spiro atoms. The van der Waals surface area contributed by atoms with Crippen LogP contribution in [0.3, 0.4) is 0 Å². The van der Waals surface area contributed by atoms with Gasteiger partial charge in [-0.1, -0.05) is 17.8 Å². The minimum absolute atomic E-state index is 0.154. The Kier molecular flexibility index (Phi) is 5.47. The number of nitrogens with zero attached hydrogens (tertiary/aromatic N) is 5. The van der Waals surface area contributed by atoms with Gasteiger partial charge in [0.05, 0.1) is 15.9 Å². The lowest BCUT2D eigenvalue weighted by atomic mass is 10.1. The summed E-state index contributed by atoms with van der Waals surface area (Å²) in [7, 11) is -3.69. The van der Waals surface area contributed by atoms with Gasteiger partial charge in [-0.25, -0.2) is 22.5 Å². The quantitative estimate of drug-likeness (QED) is 0.561. The van der Waals surface area contributed by atoms with E-state index in [1.807, 2.05) is 13.8 Å². The van der Waals surface area contributed by atoms with E-state index in [2.05, 4.69) is 19.8 Å². The summed E-state index contributed by atoms with van der Waals surface area (Å²) in [4.78, 5) is 16.0. The third-order valence-electron chi connectivity index (χ3n) is 6.39. The molecule has 11 heteroatoms. The van der Waals surface area contributed by atoms with Crippen LogP contribution in [0.15, 0.2) is 27.9 Å². The van der Waals surface area contributed by atoms with Crippen LogP contribution in [0.25, 0.3) is 16.2 Å². The van der Waals surface area contributed by atoms with Crippen molar-refractivity contribution in [1.82, 2.24) is 29.0 Å². The molecule has 0 amide bonds. The molecular formula is C21H28N6O3S2. The predicted octanol–water partition coefficient (Wildman–Crippen LogP) is 2.27. The van der Waals surface area contributed by atoms with Gasteiger partial charge in [0.1, 0.15) is 5.01 Å². The topological polar surface area (TPSA) is 102 Å². The molecule has 1 saturated carbocycles. The number of sulfonamides is 1. The Morgan fingerprint density at radius 2 is 1.84 bits per heavy atom. The van der Waals surface area contributed by atoms with Crippen LogP contribution < -0.4 is 10.4 Å². The first-order valence-corrected chi connectivity index (χ1v) is 13.4. The van der Waals surface area contributed by atoms with Gasteiger partial charge in [-0.05, 0) is 70.8 Å². The highest BCUT2D eigenvalue weighted by atomic mass is 32.2. The largest absolute Gasteiger partial charge is 0.335 e. The number of imidazole rings is 1. The number of rotatable bonds is 7. The van der Waals surface area contributed by atoms with Crippen LogP contribution in [-0.4, -0.2) is 57.8 Å². The Balaban J connectivity index is 1.58. The number of benzene rings is 1. The molecule has 172 valence electrons. The van der Waals surface area contributed by atoms with E-state index < -0.39 is 10.0 Å². The zero-order valence-electron chi connectivity index (χ0n) is 18.4. The highest BCUT2D eigenvalue weighted by Crippen LogP contribution is 2.36. The first kappa shape index (κ1) is 21.7. The molecule has 0 bridgehead atoms. The van der Waals surface area contributed by atoms with Crippen LogP contribution in [0.5, 0.6) is 0 Å². The van der Waals surface area contributed by atoms with Crippen molar-refractivity contribution in [2.45, 2.75) is 62.9 Å². The monoisotopic (exact) mass is 476 g/mol. The normalized spacial score (nSPS) is 18.9. The van der Waals surface area contributed by atoms with Crippen LogP contribution in [0.4, 0.5) is 0 Å². The van der Waals surface area contributed by atoms with Gasteiger partial charge in [0.2, 0.25) is 15.2 Å². The average molecular weight is 477 g/mol. The van der Waals surface area contributed by atoms with Gasteiger partial charge < -0.3 is 4.90 Å². The Labute approximate surface area is 191 Å². The molecular weight excluding hydrogens is 448 g/mol. The zero-order valence-corrected chi connectivity index (χ0v) is 20.0. The molecule has 9 nitrogen and oxygen atoms in total. The molecule has 32 heavy (non-hydrogen) atoms. The lowest BCUT2D eigenvalue weighted by Crippen LogP contribution is -2.34. The minimum atomic E-state index is -3.69. The van der Waals surface area contributed by atoms with Gasteiger partial charge >= 0.3 is 5.69 Å². The van der Waals surface area contributed by atoms with Crippen molar-refractivity contribution in [2.24, 2.45) is 0 Å². The molecule has 3 heterocycles. The third kappa shape index (κ3) is 4.14. The Morgan fingerprint density at radius 1 is 1.09 bits per heavy atom. The summed E-state index contributed by atoms with van der Waals surface area (Å²) in [5, 5.41) is 9.42. The first-order valence-electron chi connectivity index (χ1n) is 11.1. The zero-order chi connectivity index (χ0) is 22.5. The molecule has 5 rings (SSSR count). The van der Waals surface area contributed by atoms with Gasteiger partial charge in [-0.15, -0.1) is 10.2 Å². The van der Waals surface area contributed by atoms with Crippen LogP contribution in [0.1, 0.15) is 44.0 Å². The molecule has 1 saturated heterocycles. The third-order valence-corrected chi connectivity index (χ3v) is 8.85.